The molecule has 2 heterocycles. The predicted molar refractivity (Wildman–Crippen MR) is 77.2 cm³/mol. The van der Waals surface area contributed by atoms with Crippen LogP contribution < -0.4 is 4.72 Å². The van der Waals surface area contributed by atoms with E-state index in [4.69, 9.17) is 28.3 Å². The monoisotopic (exact) mass is 353 g/mol. The topological polar surface area (TPSA) is 99.6 Å². The first-order valence-corrected chi connectivity index (χ1v) is 8.35. The second kappa shape index (κ2) is 6.35. The summed E-state index contributed by atoms with van der Waals surface area (Å²) in [6, 6.07) is 0.811. The zero-order valence-corrected chi connectivity index (χ0v) is 13.1. The fourth-order valence-corrected chi connectivity index (χ4v) is 3.93. The number of carboxylic acid groups (broad SMARTS) is 1. The van der Waals surface area contributed by atoms with E-state index in [0.29, 0.717) is 19.4 Å². The summed E-state index contributed by atoms with van der Waals surface area (Å²) in [7, 11) is -3.90. The number of halogens is 2. The quantitative estimate of drug-likeness (QED) is 0.804. The molecule has 1 amide bonds. The van der Waals surface area contributed by atoms with Crippen molar-refractivity contribution in [3.63, 3.8) is 0 Å². The molecule has 1 aromatic heterocycles. The second-order valence-corrected chi connectivity index (χ2v) is 7.10. The Kier molecular flexibility index (Phi) is 4.92. The van der Waals surface area contributed by atoms with E-state index in [1.807, 2.05) is 0 Å². The summed E-state index contributed by atoms with van der Waals surface area (Å²) < 4.78 is 26.7. The van der Waals surface area contributed by atoms with Gasteiger partial charge in [-0.2, -0.15) is 0 Å². The average molecular weight is 354 g/mol. The van der Waals surface area contributed by atoms with Crippen LogP contribution >= 0.6 is 23.2 Å². The molecule has 0 saturated carbocycles. The molecule has 7 nitrogen and oxygen atoms in total. The van der Waals surface area contributed by atoms with E-state index in [-0.39, 0.29) is 27.7 Å². The lowest BCUT2D eigenvalue weighted by Gasteiger charge is -2.21. The standard InChI is InChI=1S/C11H13Cl2N3O4S/c12-7-4-9(10(13)14-5-7)21(19,20)15-6-8-2-1-3-16(8)11(17)18/h4-5,8,15H,1-3,6H2,(H,17,18)/t8-/m0/s1. The van der Waals surface area contributed by atoms with E-state index in [9.17, 15) is 13.2 Å². The smallest absolute Gasteiger partial charge is 0.407 e. The van der Waals surface area contributed by atoms with Crippen LogP contribution in [0.2, 0.25) is 10.2 Å². The van der Waals surface area contributed by atoms with Gasteiger partial charge in [0.1, 0.15) is 10.0 Å². The largest absolute Gasteiger partial charge is 0.465 e. The highest BCUT2D eigenvalue weighted by Gasteiger charge is 2.30. The molecule has 1 atom stereocenters. The highest BCUT2D eigenvalue weighted by Crippen LogP contribution is 2.23. The van der Waals surface area contributed by atoms with Gasteiger partial charge in [-0.1, -0.05) is 23.2 Å². The Morgan fingerprint density at radius 2 is 2.24 bits per heavy atom. The van der Waals surface area contributed by atoms with Crippen LogP contribution in [-0.4, -0.2) is 48.6 Å². The van der Waals surface area contributed by atoms with Crippen LogP contribution in [0.4, 0.5) is 4.79 Å². The zero-order chi connectivity index (χ0) is 15.6. The van der Waals surface area contributed by atoms with Crippen molar-refractivity contribution in [3.8, 4) is 0 Å². The minimum Gasteiger partial charge on any atom is -0.465 e. The summed E-state index contributed by atoms with van der Waals surface area (Å²) >= 11 is 11.5. The summed E-state index contributed by atoms with van der Waals surface area (Å²) in [5.74, 6) is 0. The Hall–Kier alpha value is -1.09. The van der Waals surface area contributed by atoms with Crippen LogP contribution in [0.15, 0.2) is 17.2 Å². The second-order valence-electron chi connectivity index (χ2n) is 4.57. The number of nitrogens with zero attached hydrogens (tertiary/aromatic N) is 2. The van der Waals surface area contributed by atoms with Gasteiger partial charge in [0.15, 0.2) is 0 Å². The van der Waals surface area contributed by atoms with E-state index >= 15 is 0 Å². The number of sulfonamides is 1. The molecule has 0 aliphatic carbocycles. The minimum absolute atomic E-state index is 0.0164. The Morgan fingerprint density at radius 1 is 1.52 bits per heavy atom. The highest BCUT2D eigenvalue weighted by atomic mass is 35.5. The lowest BCUT2D eigenvalue weighted by molar-refractivity contribution is 0.140. The van der Waals surface area contributed by atoms with E-state index < -0.39 is 16.1 Å². The van der Waals surface area contributed by atoms with E-state index in [2.05, 4.69) is 9.71 Å². The average Bonchev–Trinajstić information content (AvgIpc) is 2.88. The first-order valence-electron chi connectivity index (χ1n) is 6.11. The Balaban J connectivity index is 2.11. The number of aromatic nitrogens is 1. The number of likely N-dealkylation sites (tertiary alicyclic amines) is 1. The lowest BCUT2D eigenvalue weighted by Crippen LogP contribution is -2.42. The molecule has 0 aromatic carbocycles. The van der Waals surface area contributed by atoms with Crippen LogP contribution in [0.25, 0.3) is 0 Å². The number of carbonyl (C=O) groups is 1. The summed E-state index contributed by atoms with van der Waals surface area (Å²) in [6.07, 6.45) is 1.50. The molecule has 1 aliphatic rings. The van der Waals surface area contributed by atoms with Gasteiger partial charge in [0.25, 0.3) is 0 Å². The maximum atomic E-state index is 12.2. The third-order valence-electron chi connectivity index (χ3n) is 3.19. The summed E-state index contributed by atoms with van der Waals surface area (Å²) in [5, 5.41) is 8.97. The van der Waals surface area contributed by atoms with Crippen molar-refractivity contribution in [2.45, 2.75) is 23.8 Å². The molecule has 1 aromatic rings. The first-order chi connectivity index (χ1) is 9.81. The Bertz CT molecular complexity index is 653. The number of amides is 1. The molecule has 0 unspecified atom stereocenters. The fraction of sp³-hybridized carbons (Fsp3) is 0.455. The van der Waals surface area contributed by atoms with Gasteiger partial charge in [0.2, 0.25) is 10.0 Å². The summed E-state index contributed by atoms with van der Waals surface area (Å²) in [6.45, 7) is 0.388. The van der Waals surface area contributed by atoms with Crippen molar-refractivity contribution in [2.75, 3.05) is 13.1 Å². The zero-order valence-electron chi connectivity index (χ0n) is 10.8. The maximum absolute atomic E-state index is 12.2. The number of hydrogen-bond donors (Lipinski definition) is 2. The molecule has 116 valence electrons. The van der Waals surface area contributed by atoms with Gasteiger partial charge in [0.05, 0.1) is 5.02 Å². The normalized spacial score (nSPS) is 19.0. The van der Waals surface area contributed by atoms with Crippen molar-refractivity contribution >= 4 is 39.3 Å². The van der Waals surface area contributed by atoms with E-state index in [1.54, 1.807) is 0 Å². The maximum Gasteiger partial charge on any atom is 0.407 e. The molecule has 2 rings (SSSR count). The van der Waals surface area contributed by atoms with Crippen LogP contribution in [0.1, 0.15) is 12.8 Å². The molecule has 21 heavy (non-hydrogen) atoms. The van der Waals surface area contributed by atoms with Gasteiger partial charge in [-0.15, -0.1) is 0 Å². The van der Waals surface area contributed by atoms with Gasteiger partial charge in [-0.05, 0) is 18.9 Å². The summed E-state index contributed by atoms with van der Waals surface area (Å²) in [4.78, 5) is 15.7. The molecular formula is C11H13Cl2N3O4S. The fourth-order valence-electron chi connectivity index (χ4n) is 2.18. The van der Waals surface area contributed by atoms with Crippen molar-refractivity contribution in [2.24, 2.45) is 0 Å². The molecule has 1 fully saturated rings. The van der Waals surface area contributed by atoms with Crippen molar-refractivity contribution in [3.05, 3.63) is 22.4 Å². The Labute approximate surface area is 131 Å². The van der Waals surface area contributed by atoms with Gasteiger partial charge in [0, 0.05) is 25.3 Å². The number of rotatable bonds is 4. The molecule has 10 heteroatoms. The van der Waals surface area contributed by atoms with Crippen LogP contribution in [-0.2, 0) is 10.0 Å². The van der Waals surface area contributed by atoms with Gasteiger partial charge in [-0.3, -0.25) is 0 Å². The molecular weight excluding hydrogens is 341 g/mol. The van der Waals surface area contributed by atoms with Crippen molar-refractivity contribution in [1.29, 1.82) is 0 Å². The van der Waals surface area contributed by atoms with Crippen LogP contribution in [0.5, 0.6) is 0 Å². The van der Waals surface area contributed by atoms with Gasteiger partial charge >= 0.3 is 6.09 Å². The third kappa shape index (κ3) is 3.76. The third-order valence-corrected chi connectivity index (χ3v) is 5.25. The van der Waals surface area contributed by atoms with E-state index in [1.165, 1.54) is 17.2 Å². The first kappa shape index (κ1) is 16.3. The molecule has 0 spiro atoms. The Morgan fingerprint density at radius 3 is 2.90 bits per heavy atom. The number of pyridine rings is 1. The van der Waals surface area contributed by atoms with E-state index in [0.717, 1.165) is 0 Å². The number of hydrogen-bond acceptors (Lipinski definition) is 4. The van der Waals surface area contributed by atoms with Gasteiger partial charge in [-0.25, -0.2) is 22.9 Å². The highest BCUT2D eigenvalue weighted by molar-refractivity contribution is 7.89. The molecule has 1 saturated heterocycles. The molecule has 1 aliphatic heterocycles. The number of nitrogens with one attached hydrogen (secondary N) is 1. The minimum atomic E-state index is -3.90. The SMILES string of the molecule is O=C(O)N1CCC[C@H]1CNS(=O)(=O)c1cc(Cl)cnc1Cl. The molecule has 0 radical (unpaired) electrons. The molecule has 2 N–H and O–H groups in total. The molecule has 0 bridgehead atoms. The van der Waals surface area contributed by atoms with Gasteiger partial charge < -0.3 is 10.0 Å². The van der Waals surface area contributed by atoms with Crippen molar-refractivity contribution < 1.29 is 18.3 Å². The summed E-state index contributed by atoms with van der Waals surface area (Å²) in [5.41, 5.74) is 0. The van der Waals surface area contributed by atoms with Crippen molar-refractivity contribution in [1.82, 2.24) is 14.6 Å². The van der Waals surface area contributed by atoms with Crippen LogP contribution in [0, 0.1) is 0 Å². The van der Waals surface area contributed by atoms with Crippen LogP contribution in [0.3, 0.4) is 0 Å². The lowest BCUT2D eigenvalue weighted by atomic mass is 10.2. The predicted octanol–water partition coefficient (Wildman–Crippen LogP) is 1.81.